The number of halogens is 1. The molecular formula is C16H16BrN3. The Morgan fingerprint density at radius 1 is 1.10 bits per heavy atom. The number of rotatable bonds is 2. The number of anilines is 1. The van der Waals surface area contributed by atoms with E-state index in [1.54, 1.807) is 0 Å². The van der Waals surface area contributed by atoms with E-state index in [9.17, 15) is 0 Å². The van der Waals surface area contributed by atoms with Gasteiger partial charge in [0, 0.05) is 21.8 Å². The number of nitrogens with zero attached hydrogens (tertiary/aromatic N) is 2. The average molecular weight is 330 g/mol. The first-order valence-corrected chi connectivity index (χ1v) is 7.39. The van der Waals surface area contributed by atoms with E-state index in [-0.39, 0.29) is 0 Å². The normalized spacial score (nSPS) is 11.4. The number of hydrogen-bond acceptors (Lipinski definition) is 2. The molecule has 102 valence electrons. The molecule has 0 spiro atoms. The van der Waals surface area contributed by atoms with Crippen LogP contribution in [0.15, 0.2) is 46.9 Å². The van der Waals surface area contributed by atoms with Crippen molar-refractivity contribution in [2.24, 2.45) is 0 Å². The van der Waals surface area contributed by atoms with Crippen LogP contribution >= 0.6 is 15.9 Å². The predicted octanol–water partition coefficient (Wildman–Crippen LogP) is 4.63. The van der Waals surface area contributed by atoms with Crippen LogP contribution in [-0.4, -0.2) is 9.55 Å². The van der Waals surface area contributed by atoms with Gasteiger partial charge in [0.1, 0.15) is 5.82 Å². The summed E-state index contributed by atoms with van der Waals surface area (Å²) in [5.41, 5.74) is 9.76. The molecule has 0 saturated carbocycles. The molecule has 0 radical (unpaired) electrons. The van der Waals surface area contributed by atoms with Crippen molar-refractivity contribution in [2.75, 3.05) is 5.73 Å². The molecule has 0 aliphatic rings. The first kappa shape index (κ1) is 13.2. The largest absolute Gasteiger partial charge is 0.399 e. The van der Waals surface area contributed by atoms with Crippen LogP contribution in [0.2, 0.25) is 0 Å². The summed E-state index contributed by atoms with van der Waals surface area (Å²) < 4.78 is 3.30. The second-order valence-electron chi connectivity index (χ2n) is 5.15. The summed E-state index contributed by atoms with van der Waals surface area (Å²) in [5, 5.41) is 0. The topological polar surface area (TPSA) is 43.8 Å². The summed E-state index contributed by atoms with van der Waals surface area (Å²) in [4.78, 5) is 4.79. The van der Waals surface area contributed by atoms with Gasteiger partial charge in [0.15, 0.2) is 0 Å². The van der Waals surface area contributed by atoms with Crippen LogP contribution in [0.5, 0.6) is 0 Å². The van der Waals surface area contributed by atoms with Gasteiger partial charge in [-0.3, -0.25) is 0 Å². The van der Waals surface area contributed by atoms with Crippen molar-refractivity contribution in [2.45, 2.75) is 19.9 Å². The minimum Gasteiger partial charge on any atom is -0.399 e. The van der Waals surface area contributed by atoms with Gasteiger partial charge in [-0.2, -0.15) is 0 Å². The molecule has 0 aliphatic carbocycles. The Labute approximate surface area is 126 Å². The number of fused-ring (bicyclic) bond motifs is 1. The zero-order chi connectivity index (χ0) is 14.3. The summed E-state index contributed by atoms with van der Waals surface area (Å²) in [5.74, 6) is 0.980. The summed E-state index contributed by atoms with van der Waals surface area (Å²) >= 11 is 3.50. The lowest BCUT2D eigenvalue weighted by Gasteiger charge is -2.13. The van der Waals surface area contributed by atoms with Crippen LogP contribution in [0.4, 0.5) is 5.69 Å². The second-order valence-corrected chi connectivity index (χ2v) is 6.07. The van der Waals surface area contributed by atoms with E-state index in [4.69, 9.17) is 10.7 Å². The first-order valence-electron chi connectivity index (χ1n) is 6.59. The maximum atomic E-state index is 5.76. The Bertz CT molecular complexity index is 757. The molecule has 0 fully saturated rings. The summed E-state index contributed by atoms with van der Waals surface area (Å²) in [6.45, 7) is 4.34. The van der Waals surface area contributed by atoms with E-state index in [1.165, 1.54) is 0 Å². The SMILES string of the molecule is CC(C)n1c(-c2ccc(N)cc2)nc2cc(Br)ccc21. The van der Waals surface area contributed by atoms with E-state index < -0.39 is 0 Å². The molecule has 2 N–H and O–H groups in total. The molecule has 0 amide bonds. The maximum absolute atomic E-state index is 5.76. The molecule has 0 bridgehead atoms. The van der Waals surface area contributed by atoms with Gasteiger partial charge in [-0.05, 0) is 56.3 Å². The smallest absolute Gasteiger partial charge is 0.141 e. The quantitative estimate of drug-likeness (QED) is 0.696. The zero-order valence-corrected chi connectivity index (χ0v) is 13.1. The van der Waals surface area contributed by atoms with Crippen molar-refractivity contribution in [3.63, 3.8) is 0 Å². The number of nitrogen functional groups attached to an aromatic ring is 1. The van der Waals surface area contributed by atoms with Gasteiger partial charge >= 0.3 is 0 Å². The fourth-order valence-electron chi connectivity index (χ4n) is 2.43. The van der Waals surface area contributed by atoms with Crippen LogP contribution in [0, 0.1) is 0 Å². The lowest BCUT2D eigenvalue weighted by atomic mass is 10.2. The van der Waals surface area contributed by atoms with Crippen LogP contribution in [-0.2, 0) is 0 Å². The monoisotopic (exact) mass is 329 g/mol. The molecule has 3 rings (SSSR count). The standard InChI is InChI=1S/C16H16BrN3/c1-10(2)20-15-8-5-12(17)9-14(15)19-16(20)11-3-6-13(18)7-4-11/h3-10H,18H2,1-2H3. The molecule has 0 atom stereocenters. The highest BCUT2D eigenvalue weighted by Gasteiger charge is 2.14. The number of benzene rings is 2. The van der Waals surface area contributed by atoms with E-state index >= 15 is 0 Å². The first-order chi connectivity index (χ1) is 9.56. The molecule has 0 aliphatic heterocycles. The summed E-state index contributed by atoms with van der Waals surface area (Å²) in [7, 11) is 0. The van der Waals surface area contributed by atoms with Gasteiger partial charge in [-0.1, -0.05) is 15.9 Å². The summed E-state index contributed by atoms with van der Waals surface area (Å²) in [6, 6.07) is 14.4. The predicted molar refractivity (Wildman–Crippen MR) is 87.7 cm³/mol. The third-order valence-corrected chi connectivity index (χ3v) is 3.83. The van der Waals surface area contributed by atoms with Gasteiger partial charge in [-0.25, -0.2) is 4.98 Å². The van der Waals surface area contributed by atoms with Crippen LogP contribution in [0.3, 0.4) is 0 Å². The van der Waals surface area contributed by atoms with E-state index in [2.05, 4.69) is 52.5 Å². The Morgan fingerprint density at radius 2 is 1.80 bits per heavy atom. The van der Waals surface area contributed by atoms with E-state index in [0.717, 1.165) is 32.6 Å². The van der Waals surface area contributed by atoms with Crippen molar-refractivity contribution < 1.29 is 0 Å². The van der Waals surface area contributed by atoms with E-state index in [0.29, 0.717) is 6.04 Å². The maximum Gasteiger partial charge on any atom is 0.141 e. The minimum absolute atomic E-state index is 0.341. The highest BCUT2D eigenvalue weighted by atomic mass is 79.9. The fraction of sp³-hybridized carbons (Fsp3) is 0.188. The minimum atomic E-state index is 0.341. The third-order valence-electron chi connectivity index (χ3n) is 3.34. The molecule has 20 heavy (non-hydrogen) atoms. The average Bonchev–Trinajstić information content (AvgIpc) is 2.77. The fourth-order valence-corrected chi connectivity index (χ4v) is 2.78. The molecule has 0 saturated heterocycles. The third kappa shape index (κ3) is 2.20. The number of nitrogens with two attached hydrogens (primary N) is 1. The number of imidazole rings is 1. The Hall–Kier alpha value is -1.81. The number of aromatic nitrogens is 2. The van der Waals surface area contributed by atoms with Gasteiger partial charge in [0.25, 0.3) is 0 Å². The van der Waals surface area contributed by atoms with Gasteiger partial charge in [0.2, 0.25) is 0 Å². The summed E-state index contributed by atoms with van der Waals surface area (Å²) in [6.07, 6.45) is 0. The Kier molecular flexibility index (Phi) is 3.26. The second kappa shape index (κ2) is 4.94. The van der Waals surface area contributed by atoms with Crippen LogP contribution in [0.1, 0.15) is 19.9 Å². The highest BCUT2D eigenvalue weighted by molar-refractivity contribution is 9.10. The van der Waals surface area contributed by atoms with Gasteiger partial charge in [0.05, 0.1) is 11.0 Å². The van der Waals surface area contributed by atoms with Crippen molar-refractivity contribution in [3.05, 3.63) is 46.9 Å². The molecular weight excluding hydrogens is 314 g/mol. The zero-order valence-electron chi connectivity index (χ0n) is 11.5. The van der Waals surface area contributed by atoms with Crippen molar-refractivity contribution in [3.8, 4) is 11.4 Å². The molecule has 3 aromatic rings. The van der Waals surface area contributed by atoms with Crippen molar-refractivity contribution >= 4 is 32.7 Å². The molecule has 1 aromatic heterocycles. The molecule has 1 heterocycles. The number of hydrogen-bond donors (Lipinski definition) is 1. The molecule has 4 heteroatoms. The Balaban J connectivity index is 2.28. The van der Waals surface area contributed by atoms with Crippen LogP contribution in [0.25, 0.3) is 22.4 Å². The lowest BCUT2D eigenvalue weighted by Crippen LogP contribution is -2.03. The Morgan fingerprint density at radius 3 is 2.45 bits per heavy atom. The van der Waals surface area contributed by atoms with E-state index in [1.807, 2.05) is 24.3 Å². The molecule has 2 aromatic carbocycles. The van der Waals surface area contributed by atoms with Crippen LogP contribution < -0.4 is 5.73 Å². The lowest BCUT2D eigenvalue weighted by molar-refractivity contribution is 0.624. The van der Waals surface area contributed by atoms with Gasteiger partial charge in [-0.15, -0.1) is 0 Å². The molecule has 3 nitrogen and oxygen atoms in total. The van der Waals surface area contributed by atoms with Crippen molar-refractivity contribution in [1.82, 2.24) is 9.55 Å². The van der Waals surface area contributed by atoms with Crippen molar-refractivity contribution in [1.29, 1.82) is 0 Å². The highest BCUT2D eigenvalue weighted by Crippen LogP contribution is 2.30. The van der Waals surface area contributed by atoms with Gasteiger partial charge < -0.3 is 10.3 Å². The molecule has 0 unspecified atom stereocenters.